The van der Waals surface area contributed by atoms with E-state index in [2.05, 4.69) is 34.0 Å². The summed E-state index contributed by atoms with van der Waals surface area (Å²) in [6.07, 6.45) is 2.30. The highest BCUT2D eigenvalue weighted by Crippen LogP contribution is 2.20. The maximum atomic E-state index is 13.1. The predicted molar refractivity (Wildman–Crippen MR) is 170 cm³/mol. The molecule has 43 heavy (non-hydrogen) atoms. The number of carbonyl (C=O) groups is 3. The number of benzene rings is 3. The monoisotopic (exact) mass is 608 g/mol. The highest BCUT2D eigenvalue weighted by atomic mass is 32.1. The zero-order valence-corrected chi connectivity index (χ0v) is 25.8. The number of aryl methyl sites for hydroxylation is 1. The fourth-order valence-corrected chi connectivity index (χ4v) is 4.06. The van der Waals surface area contributed by atoms with Crippen molar-refractivity contribution in [3.05, 3.63) is 89.5 Å². The van der Waals surface area contributed by atoms with Gasteiger partial charge >= 0.3 is 12.0 Å². The normalized spacial score (nSPS) is 11.4. The molecule has 3 rings (SSSR count). The zero-order valence-electron chi connectivity index (χ0n) is 24.9. The van der Waals surface area contributed by atoms with Gasteiger partial charge in [-0.15, -0.1) is 0 Å². The molecule has 0 saturated carbocycles. The Morgan fingerprint density at radius 2 is 1.49 bits per heavy atom. The van der Waals surface area contributed by atoms with Crippen LogP contribution in [0.15, 0.2) is 72.8 Å². The summed E-state index contributed by atoms with van der Waals surface area (Å²) in [6.45, 7) is 8.07. The maximum absolute atomic E-state index is 13.1. The molecule has 0 spiro atoms. The van der Waals surface area contributed by atoms with Gasteiger partial charge in [-0.05, 0) is 74.2 Å². The second kappa shape index (κ2) is 17.7. The Kier molecular flexibility index (Phi) is 14.4. The third-order valence-corrected chi connectivity index (χ3v) is 6.64. The van der Waals surface area contributed by atoms with Crippen molar-refractivity contribution in [3.8, 4) is 0 Å². The number of carboxylic acids is 1. The average molecular weight is 609 g/mol. The minimum atomic E-state index is -0.982. The van der Waals surface area contributed by atoms with Crippen molar-refractivity contribution in [2.75, 3.05) is 22.6 Å². The third kappa shape index (κ3) is 11.9. The number of para-hydroxylation sites is 1. The lowest BCUT2D eigenvalue weighted by Crippen LogP contribution is -2.41. The fourth-order valence-electron chi connectivity index (χ4n) is 4.06. The van der Waals surface area contributed by atoms with Crippen LogP contribution in [0.4, 0.5) is 21.9 Å². The number of unbranched alkanes of at least 4 members (excludes halogenated alkanes) is 1. The van der Waals surface area contributed by atoms with E-state index in [1.165, 1.54) is 0 Å². The first-order valence-corrected chi connectivity index (χ1v) is 14.3. The zero-order chi connectivity index (χ0) is 31.8. The highest BCUT2D eigenvalue weighted by molar-refractivity contribution is 7.44. The largest absolute Gasteiger partial charge is 0.480 e. The number of hydrogen-bond acceptors (Lipinski definition) is 8. The second-order valence-electron chi connectivity index (χ2n) is 10.6. The molecule has 2 amide bonds. The number of carboxylic acid groups (broad SMARTS) is 1. The van der Waals surface area contributed by atoms with E-state index in [0.717, 1.165) is 40.9 Å². The Bertz CT molecular complexity index is 1330. The molecule has 11 heteroatoms. The SMILES string of the molecule is CCCCONC(Cc1ccc(NC(C)(C)C(=O)Cc2ccc(NC(=O)Nc3ccccc3C)cc2)cc1)C(=O)O.O=S. The van der Waals surface area contributed by atoms with Gasteiger partial charge in [0.15, 0.2) is 18.3 Å². The van der Waals surface area contributed by atoms with Gasteiger partial charge in [0, 0.05) is 29.9 Å². The second-order valence-corrected chi connectivity index (χ2v) is 10.6. The van der Waals surface area contributed by atoms with Crippen molar-refractivity contribution in [1.29, 1.82) is 0 Å². The topological polar surface area (TPSA) is 146 Å². The molecule has 1 unspecified atom stereocenters. The van der Waals surface area contributed by atoms with E-state index in [9.17, 15) is 19.5 Å². The number of ketones is 1. The number of Topliss-reactive ketones (excluding diaryl/α,β-unsaturated/α-hetero) is 1. The number of carbonyl (C=O) groups excluding carboxylic acids is 2. The van der Waals surface area contributed by atoms with Crippen molar-refractivity contribution >= 4 is 47.4 Å². The first kappa shape index (κ1) is 35.0. The lowest BCUT2D eigenvalue weighted by Gasteiger charge is -2.26. The van der Waals surface area contributed by atoms with Gasteiger partial charge in [0.1, 0.15) is 6.04 Å². The van der Waals surface area contributed by atoms with Gasteiger partial charge in [0.25, 0.3) is 0 Å². The van der Waals surface area contributed by atoms with Crippen LogP contribution in [0.25, 0.3) is 0 Å². The number of hydrogen-bond donors (Lipinski definition) is 5. The number of nitrogens with one attached hydrogen (secondary N) is 4. The fraction of sp³-hybridized carbons (Fsp3) is 0.344. The molecule has 3 aromatic carbocycles. The van der Waals surface area contributed by atoms with E-state index < -0.39 is 17.6 Å². The van der Waals surface area contributed by atoms with Crippen molar-refractivity contribution in [3.63, 3.8) is 0 Å². The molecule has 0 fully saturated rings. The molecule has 5 N–H and O–H groups in total. The molecular formula is C32H40N4O6S. The summed E-state index contributed by atoms with van der Waals surface area (Å²) in [5.41, 5.74) is 6.54. The van der Waals surface area contributed by atoms with Gasteiger partial charge in [0.05, 0.1) is 12.1 Å². The van der Waals surface area contributed by atoms with E-state index in [0.29, 0.717) is 12.3 Å². The number of rotatable bonds is 15. The van der Waals surface area contributed by atoms with Crippen molar-refractivity contribution in [2.24, 2.45) is 0 Å². The molecule has 0 aliphatic carbocycles. The molecule has 0 saturated heterocycles. The minimum absolute atomic E-state index is 0.000971. The molecule has 230 valence electrons. The van der Waals surface area contributed by atoms with Crippen LogP contribution in [0.1, 0.15) is 50.3 Å². The number of anilines is 3. The first-order valence-electron chi connectivity index (χ1n) is 14.0. The number of aliphatic carboxylic acids is 1. The van der Waals surface area contributed by atoms with Gasteiger partial charge < -0.3 is 25.9 Å². The maximum Gasteiger partial charge on any atom is 0.323 e. The van der Waals surface area contributed by atoms with Crippen LogP contribution in [0.5, 0.6) is 0 Å². The van der Waals surface area contributed by atoms with Crippen LogP contribution in [-0.2, 0) is 39.8 Å². The molecule has 0 aliphatic heterocycles. The number of hydroxylamine groups is 1. The highest BCUT2D eigenvalue weighted by Gasteiger charge is 2.27. The Morgan fingerprint density at radius 1 is 0.884 bits per heavy atom. The van der Waals surface area contributed by atoms with Crippen molar-refractivity contribution in [1.82, 2.24) is 5.48 Å². The Morgan fingerprint density at radius 3 is 2.09 bits per heavy atom. The van der Waals surface area contributed by atoms with Crippen LogP contribution in [-0.4, -0.2) is 45.3 Å². The van der Waals surface area contributed by atoms with E-state index >= 15 is 0 Å². The number of urea groups is 1. The van der Waals surface area contributed by atoms with Crippen molar-refractivity contribution < 1.29 is 28.5 Å². The molecule has 0 heterocycles. The Labute approximate surface area is 258 Å². The third-order valence-electron chi connectivity index (χ3n) is 6.64. The average Bonchev–Trinajstić information content (AvgIpc) is 2.98. The van der Waals surface area contributed by atoms with Crippen LogP contribution >= 0.6 is 0 Å². The lowest BCUT2D eigenvalue weighted by atomic mass is 9.93. The molecule has 0 aliphatic rings. The molecular weight excluding hydrogens is 568 g/mol. The van der Waals surface area contributed by atoms with Crippen LogP contribution in [0.3, 0.4) is 0 Å². The van der Waals surface area contributed by atoms with Gasteiger partial charge in [-0.25, -0.2) is 4.79 Å². The molecule has 0 bridgehead atoms. The molecule has 0 radical (unpaired) electrons. The summed E-state index contributed by atoms with van der Waals surface area (Å²) in [5.74, 6) is -0.983. The van der Waals surface area contributed by atoms with Gasteiger partial charge in [-0.2, -0.15) is 9.69 Å². The predicted octanol–water partition coefficient (Wildman–Crippen LogP) is 5.62. The molecule has 1 atom stereocenters. The number of amides is 2. The molecule has 10 nitrogen and oxygen atoms in total. The summed E-state index contributed by atoms with van der Waals surface area (Å²) in [7, 11) is 0. The molecule has 0 aromatic heterocycles. The summed E-state index contributed by atoms with van der Waals surface area (Å²) >= 11 is 2.83. The van der Waals surface area contributed by atoms with Crippen LogP contribution in [0, 0.1) is 6.92 Å². The van der Waals surface area contributed by atoms with Gasteiger partial charge in [-0.1, -0.05) is 55.8 Å². The summed E-state index contributed by atoms with van der Waals surface area (Å²) in [5, 5.41) is 18.4. The van der Waals surface area contributed by atoms with E-state index in [1.807, 2.05) is 88.4 Å². The van der Waals surface area contributed by atoms with Crippen LogP contribution < -0.4 is 21.4 Å². The summed E-state index contributed by atoms with van der Waals surface area (Å²) in [6, 6.07) is 20.9. The first-order chi connectivity index (χ1) is 20.6. The van der Waals surface area contributed by atoms with E-state index in [4.69, 9.17) is 9.05 Å². The Balaban J connectivity index is 0.00000316. The van der Waals surface area contributed by atoms with Crippen LogP contribution in [0.2, 0.25) is 0 Å². The Hall–Kier alpha value is -4.19. The van der Waals surface area contributed by atoms with Crippen molar-refractivity contribution in [2.45, 2.75) is 65.0 Å². The molecule has 3 aromatic rings. The lowest BCUT2D eigenvalue weighted by molar-refractivity contribution is -0.144. The quantitative estimate of drug-likeness (QED) is 0.110. The van der Waals surface area contributed by atoms with E-state index in [-0.39, 0.29) is 24.7 Å². The minimum Gasteiger partial charge on any atom is -0.480 e. The standard InChI is InChI=1S/C32H40N4O5.OS/c1-5-6-19-41-36-28(30(38)39)20-23-13-17-26(18-14-23)35-32(3,4)29(37)21-24-11-15-25(16-12-24)33-31(40)34-27-10-8-7-9-22(27)2;1-2/h7-18,28,35-36H,5-6,19-21H2,1-4H3,(H,38,39)(H2,33,34,40);. The summed E-state index contributed by atoms with van der Waals surface area (Å²) in [4.78, 5) is 42.4. The summed E-state index contributed by atoms with van der Waals surface area (Å²) < 4.78 is 7.83. The van der Waals surface area contributed by atoms with Gasteiger partial charge in [0.2, 0.25) is 0 Å². The van der Waals surface area contributed by atoms with E-state index in [1.54, 1.807) is 12.1 Å². The smallest absolute Gasteiger partial charge is 0.323 e. The van der Waals surface area contributed by atoms with Gasteiger partial charge in [-0.3, -0.25) is 9.59 Å².